The van der Waals surface area contributed by atoms with E-state index in [1.807, 2.05) is 4.90 Å². The zero-order chi connectivity index (χ0) is 14.8. The molecule has 0 unspecified atom stereocenters. The molecule has 20 heavy (non-hydrogen) atoms. The second-order valence-corrected chi connectivity index (χ2v) is 8.16. The van der Waals surface area contributed by atoms with Crippen LogP contribution in [0.3, 0.4) is 0 Å². The molecular formula is C14H26N2O3S. The predicted octanol–water partition coefficient (Wildman–Crippen LogP) is 0.896. The Morgan fingerprint density at radius 1 is 1.10 bits per heavy atom. The largest absolute Gasteiger partial charge is 0.337 e. The highest BCUT2D eigenvalue weighted by Gasteiger charge is 2.39. The maximum absolute atomic E-state index is 12.3. The van der Waals surface area contributed by atoms with E-state index in [0.717, 1.165) is 38.9 Å². The smallest absolute Gasteiger partial charge is 0.238 e. The van der Waals surface area contributed by atoms with Gasteiger partial charge in [-0.3, -0.25) is 9.69 Å². The van der Waals surface area contributed by atoms with Crippen molar-refractivity contribution in [3.63, 3.8) is 0 Å². The van der Waals surface area contributed by atoms with E-state index in [2.05, 4.69) is 11.8 Å². The van der Waals surface area contributed by atoms with Gasteiger partial charge < -0.3 is 4.90 Å². The summed E-state index contributed by atoms with van der Waals surface area (Å²) in [5.74, 6) is -0.474. The van der Waals surface area contributed by atoms with E-state index in [1.54, 1.807) is 6.92 Å². The van der Waals surface area contributed by atoms with Crippen molar-refractivity contribution < 1.29 is 13.2 Å². The second kappa shape index (κ2) is 6.43. The number of hydrogen-bond acceptors (Lipinski definition) is 4. The summed E-state index contributed by atoms with van der Waals surface area (Å²) in [5.41, 5.74) is 0. The van der Waals surface area contributed by atoms with Crippen LogP contribution in [0, 0.1) is 0 Å². The molecule has 0 aromatic heterocycles. The SMILES string of the molecule is CCN1CCC[C@H]1[C@H]1CCCN1C(=O)CS(=O)(=O)CC. The van der Waals surface area contributed by atoms with E-state index in [-0.39, 0.29) is 23.5 Å². The van der Waals surface area contributed by atoms with E-state index >= 15 is 0 Å². The lowest BCUT2D eigenvalue weighted by molar-refractivity contribution is -0.130. The normalized spacial score (nSPS) is 28.2. The van der Waals surface area contributed by atoms with Gasteiger partial charge >= 0.3 is 0 Å². The number of rotatable bonds is 5. The number of amides is 1. The Morgan fingerprint density at radius 2 is 1.75 bits per heavy atom. The molecule has 2 aliphatic rings. The monoisotopic (exact) mass is 302 g/mol. The Labute approximate surface area is 122 Å². The lowest BCUT2D eigenvalue weighted by Crippen LogP contribution is -2.49. The van der Waals surface area contributed by atoms with Crippen molar-refractivity contribution in [1.29, 1.82) is 0 Å². The van der Waals surface area contributed by atoms with Crippen molar-refractivity contribution in [3.8, 4) is 0 Å². The molecule has 2 aliphatic heterocycles. The van der Waals surface area contributed by atoms with Crippen LogP contribution < -0.4 is 0 Å². The molecule has 2 atom stereocenters. The number of likely N-dealkylation sites (N-methyl/N-ethyl adjacent to an activating group) is 1. The summed E-state index contributed by atoms with van der Waals surface area (Å²) in [5, 5.41) is 0. The van der Waals surface area contributed by atoms with Gasteiger partial charge in [-0.05, 0) is 38.8 Å². The fourth-order valence-electron chi connectivity index (χ4n) is 3.56. The van der Waals surface area contributed by atoms with E-state index in [0.29, 0.717) is 6.04 Å². The summed E-state index contributed by atoms with van der Waals surface area (Å²) in [6.07, 6.45) is 4.32. The fraction of sp³-hybridized carbons (Fsp3) is 0.929. The zero-order valence-corrected chi connectivity index (χ0v) is 13.4. The highest BCUT2D eigenvalue weighted by molar-refractivity contribution is 7.92. The zero-order valence-electron chi connectivity index (χ0n) is 12.5. The van der Waals surface area contributed by atoms with E-state index in [9.17, 15) is 13.2 Å². The minimum atomic E-state index is -3.23. The fourth-order valence-corrected chi connectivity index (χ4v) is 4.30. The minimum absolute atomic E-state index is 0.0434. The van der Waals surface area contributed by atoms with Crippen molar-refractivity contribution in [3.05, 3.63) is 0 Å². The second-order valence-electron chi connectivity index (χ2n) is 5.81. The molecule has 2 heterocycles. The molecule has 116 valence electrons. The molecule has 2 rings (SSSR count). The molecule has 0 bridgehead atoms. The topological polar surface area (TPSA) is 57.7 Å². The van der Waals surface area contributed by atoms with Crippen LogP contribution in [0.1, 0.15) is 39.5 Å². The summed E-state index contributed by atoms with van der Waals surface area (Å²) in [4.78, 5) is 16.6. The average molecular weight is 302 g/mol. The van der Waals surface area contributed by atoms with Gasteiger partial charge in [0.2, 0.25) is 5.91 Å². The van der Waals surface area contributed by atoms with Crippen molar-refractivity contribution in [2.75, 3.05) is 31.1 Å². The Balaban J connectivity index is 2.05. The summed E-state index contributed by atoms with van der Waals surface area (Å²) < 4.78 is 23.3. The van der Waals surface area contributed by atoms with E-state index in [1.165, 1.54) is 6.42 Å². The molecule has 0 saturated carbocycles. The van der Waals surface area contributed by atoms with Gasteiger partial charge in [-0.15, -0.1) is 0 Å². The highest BCUT2D eigenvalue weighted by atomic mass is 32.2. The first-order chi connectivity index (χ1) is 9.48. The third kappa shape index (κ3) is 3.34. The van der Waals surface area contributed by atoms with Crippen molar-refractivity contribution in [2.24, 2.45) is 0 Å². The summed E-state index contributed by atoms with van der Waals surface area (Å²) in [6.45, 7) is 6.58. The standard InChI is InChI=1S/C14H26N2O3S/c1-3-15-9-5-7-12(15)13-8-6-10-16(13)14(17)11-20(18,19)4-2/h12-13H,3-11H2,1-2H3/t12-,13+/m0/s1. The minimum Gasteiger partial charge on any atom is -0.337 e. The van der Waals surface area contributed by atoms with Crippen LogP contribution >= 0.6 is 0 Å². The first-order valence-electron chi connectivity index (χ1n) is 7.72. The molecule has 0 N–H and O–H groups in total. The molecule has 0 aromatic rings. The van der Waals surface area contributed by atoms with Crippen LogP contribution in [0.25, 0.3) is 0 Å². The molecule has 2 fully saturated rings. The van der Waals surface area contributed by atoms with Gasteiger partial charge in [0.1, 0.15) is 5.75 Å². The van der Waals surface area contributed by atoms with Gasteiger partial charge in [0.05, 0.1) is 0 Å². The third-order valence-corrected chi connectivity index (χ3v) is 6.23. The Kier molecular flexibility index (Phi) is 5.07. The first kappa shape index (κ1) is 15.8. The van der Waals surface area contributed by atoms with Crippen LogP contribution in [0.4, 0.5) is 0 Å². The number of nitrogens with zero attached hydrogens (tertiary/aromatic N) is 2. The van der Waals surface area contributed by atoms with Crippen LogP contribution in [0.2, 0.25) is 0 Å². The van der Waals surface area contributed by atoms with E-state index in [4.69, 9.17) is 0 Å². The number of carbonyl (C=O) groups is 1. The molecule has 0 aliphatic carbocycles. The molecule has 0 radical (unpaired) electrons. The van der Waals surface area contributed by atoms with Gasteiger partial charge in [0.15, 0.2) is 9.84 Å². The van der Waals surface area contributed by atoms with E-state index < -0.39 is 9.84 Å². The van der Waals surface area contributed by atoms with Gasteiger partial charge in [-0.25, -0.2) is 8.42 Å². The number of hydrogen-bond donors (Lipinski definition) is 0. The van der Waals surface area contributed by atoms with Crippen LogP contribution in [0.15, 0.2) is 0 Å². The number of sulfone groups is 1. The number of likely N-dealkylation sites (tertiary alicyclic amines) is 2. The van der Waals surface area contributed by atoms with Gasteiger partial charge in [0.25, 0.3) is 0 Å². The highest BCUT2D eigenvalue weighted by Crippen LogP contribution is 2.29. The quantitative estimate of drug-likeness (QED) is 0.757. The summed E-state index contributed by atoms with van der Waals surface area (Å²) in [7, 11) is -3.23. The number of carbonyl (C=O) groups excluding carboxylic acids is 1. The van der Waals surface area contributed by atoms with Crippen molar-refractivity contribution >= 4 is 15.7 Å². The third-order valence-electron chi connectivity index (χ3n) is 4.67. The lowest BCUT2D eigenvalue weighted by atomic mass is 10.0. The lowest BCUT2D eigenvalue weighted by Gasteiger charge is -2.34. The summed E-state index contributed by atoms with van der Waals surface area (Å²) in [6, 6.07) is 0.646. The molecule has 1 amide bonds. The van der Waals surface area contributed by atoms with Crippen molar-refractivity contribution in [1.82, 2.24) is 9.80 Å². The molecular weight excluding hydrogens is 276 g/mol. The Bertz CT molecular complexity index is 449. The van der Waals surface area contributed by atoms with Gasteiger partial charge in [-0.1, -0.05) is 13.8 Å². The van der Waals surface area contributed by atoms with Crippen LogP contribution in [-0.4, -0.2) is 67.3 Å². The molecule has 5 nitrogen and oxygen atoms in total. The van der Waals surface area contributed by atoms with Crippen LogP contribution in [-0.2, 0) is 14.6 Å². The molecule has 2 saturated heterocycles. The molecule has 0 aromatic carbocycles. The Morgan fingerprint density at radius 3 is 2.40 bits per heavy atom. The molecule has 6 heteroatoms. The van der Waals surface area contributed by atoms with Crippen LogP contribution in [0.5, 0.6) is 0 Å². The predicted molar refractivity (Wildman–Crippen MR) is 79.3 cm³/mol. The average Bonchev–Trinajstić information content (AvgIpc) is 3.05. The van der Waals surface area contributed by atoms with Gasteiger partial charge in [-0.2, -0.15) is 0 Å². The summed E-state index contributed by atoms with van der Waals surface area (Å²) >= 11 is 0. The Hall–Kier alpha value is -0.620. The van der Waals surface area contributed by atoms with Crippen molar-refractivity contribution in [2.45, 2.75) is 51.6 Å². The maximum Gasteiger partial charge on any atom is 0.238 e. The molecule has 0 spiro atoms. The first-order valence-corrected chi connectivity index (χ1v) is 9.54. The maximum atomic E-state index is 12.3. The van der Waals surface area contributed by atoms with Gasteiger partial charge in [0, 0.05) is 24.4 Å².